The van der Waals surface area contributed by atoms with Crippen LogP contribution in [0.25, 0.3) is 17.2 Å². The van der Waals surface area contributed by atoms with E-state index in [1.807, 2.05) is 12.2 Å². The van der Waals surface area contributed by atoms with Gasteiger partial charge in [-0.05, 0) is 41.7 Å². The van der Waals surface area contributed by atoms with Gasteiger partial charge in [0.05, 0.1) is 21.3 Å². The van der Waals surface area contributed by atoms with E-state index in [-0.39, 0.29) is 5.75 Å². The summed E-state index contributed by atoms with van der Waals surface area (Å²) >= 11 is 0. The fourth-order valence-electron chi connectivity index (χ4n) is 3.53. The third kappa shape index (κ3) is 2.69. The van der Waals surface area contributed by atoms with E-state index < -0.39 is 5.43 Å². The van der Waals surface area contributed by atoms with Crippen molar-refractivity contribution in [2.24, 2.45) is 0 Å². The van der Waals surface area contributed by atoms with Crippen molar-refractivity contribution in [2.75, 3.05) is 21.3 Å². The molecule has 1 N–H and O–H groups in total. The van der Waals surface area contributed by atoms with Crippen molar-refractivity contribution in [1.82, 2.24) is 0 Å². The van der Waals surface area contributed by atoms with Gasteiger partial charge in [0.1, 0.15) is 0 Å². The van der Waals surface area contributed by atoms with Gasteiger partial charge in [0.25, 0.3) is 0 Å². The molecule has 0 radical (unpaired) electrons. The van der Waals surface area contributed by atoms with Gasteiger partial charge in [0, 0.05) is 11.1 Å². The molecule has 0 saturated heterocycles. The molecule has 5 nitrogen and oxygen atoms in total. The molecule has 26 heavy (non-hydrogen) atoms. The van der Waals surface area contributed by atoms with Gasteiger partial charge in [-0.1, -0.05) is 25.1 Å². The van der Waals surface area contributed by atoms with E-state index in [9.17, 15) is 9.90 Å². The summed E-state index contributed by atoms with van der Waals surface area (Å²) in [7, 11) is 4.77. The largest absolute Gasteiger partial charge is 0.504 e. The number of hydrogen-bond donors (Lipinski definition) is 1. The second-order valence-corrected chi connectivity index (χ2v) is 5.99. The average molecular weight is 354 g/mol. The highest BCUT2D eigenvalue weighted by atomic mass is 16.5. The Hall–Kier alpha value is -2.95. The van der Waals surface area contributed by atoms with Crippen LogP contribution in [0, 0.1) is 0 Å². The van der Waals surface area contributed by atoms with E-state index in [0.29, 0.717) is 23.7 Å². The van der Waals surface area contributed by atoms with Crippen molar-refractivity contribution in [2.45, 2.75) is 19.8 Å². The van der Waals surface area contributed by atoms with Crippen LogP contribution in [0.1, 0.15) is 23.6 Å². The highest BCUT2D eigenvalue weighted by Crippen LogP contribution is 2.51. The van der Waals surface area contributed by atoms with E-state index in [4.69, 9.17) is 14.2 Å². The highest BCUT2D eigenvalue weighted by Gasteiger charge is 2.27. The fraction of sp³-hybridized carbons (Fsp3) is 0.286. The van der Waals surface area contributed by atoms with Gasteiger partial charge in [-0.3, -0.25) is 4.79 Å². The van der Waals surface area contributed by atoms with Crippen LogP contribution in [0.2, 0.25) is 0 Å². The van der Waals surface area contributed by atoms with E-state index >= 15 is 0 Å². The SMILES string of the molecule is CCc1c2c(c(OC)c(OC)c1OC)-c1ccc(O)c(=O)cc1CC=C2. The third-order valence-corrected chi connectivity index (χ3v) is 4.68. The lowest BCUT2D eigenvalue weighted by molar-refractivity contribution is 0.323. The number of ether oxygens (including phenoxy) is 3. The van der Waals surface area contributed by atoms with Crippen LogP contribution in [0.4, 0.5) is 0 Å². The van der Waals surface area contributed by atoms with Crippen LogP contribution in [0.15, 0.2) is 29.1 Å². The monoisotopic (exact) mass is 354 g/mol. The van der Waals surface area contributed by atoms with Crippen LogP contribution in [-0.2, 0) is 12.8 Å². The van der Waals surface area contributed by atoms with E-state index in [1.54, 1.807) is 27.4 Å². The Kier molecular flexibility index (Phi) is 4.89. The molecular weight excluding hydrogens is 332 g/mol. The molecule has 0 saturated carbocycles. The van der Waals surface area contributed by atoms with E-state index in [2.05, 4.69) is 6.92 Å². The average Bonchev–Trinajstić information content (AvgIpc) is 2.90. The van der Waals surface area contributed by atoms with Gasteiger partial charge >= 0.3 is 0 Å². The highest BCUT2D eigenvalue weighted by molar-refractivity contribution is 5.89. The molecule has 0 bridgehead atoms. The Labute approximate surface area is 152 Å². The summed E-state index contributed by atoms with van der Waals surface area (Å²) in [6.07, 6.45) is 5.35. The molecule has 1 aliphatic rings. The van der Waals surface area contributed by atoms with Gasteiger partial charge < -0.3 is 19.3 Å². The maximum Gasteiger partial charge on any atom is 0.220 e. The zero-order chi connectivity index (χ0) is 18.8. The topological polar surface area (TPSA) is 65.0 Å². The quantitative estimate of drug-likeness (QED) is 0.909. The van der Waals surface area contributed by atoms with Crippen molar-refractivity contribution >= 4 is 6.08 Å². The number of fused-ring (bicyclic) bond motifs is 3. The molecule has 0 fully saturated rings. The molecule has 1 aliphatic carbocycles. The molecule has 0 unspecified atom stereocenters. The fourth-order valence-corrected chi connectivity index (χ4v) is 3.53. The minimum Gasteiger partial charge on any atom is -0.504 e. The molecule has 0 atom stereocenters. The summed E-state index contributed by atoms with van der Waals surface area (Å²) in [4.78, 5) is 12.1. The first-order valence-corrected chi connectivity index (χ1v) is 8.45. The van der Waals surface area contributed by atoms with E-state index in [0.717, 1.165) is 34.2 Å². The normalized spacial score (nSPS) is 12.0. The Morgan fingerprint density at radius 3 is 2.35 bits per heavy atom. The molecule has 136 valence electrons. The zero-order valence-electron chi connectivity index (χ0n) is 15.4. The molecule has 0 aliphatic heterocycles. The van der Waals surface area contributed by atoms with Crippen molar-refractivity contribution in [3.8, 4) is 34.1 Å². The minimum atomic E-state index is -0.404. The number of hydrogen-bond acceptors (Lipinski definition) is 5. The number of aromatic hydroxyl groups is 1. The maximum absolute atomic E-state index is 12.1. The molecule has 0 aromatic heterocycles. The first-order valence-electron chi connectivity index (χ1n) is 8.45. The second-order valence-electron chi connectivity index (χ2n) is 5.99. The first kappa shape index (κ1) is 17.9. The minimum absolute atomic E-state index is 0.279. The Bertz CT molecular complexity index is 944. The van der Waals surface area contributed by atoms with Gasteiger partial charge in [-0.25, -0.2) is 0 Å². The van der Waals surface area contributed by atoms with Gasteiger partial charge in [-0.2, -0.15) is 0 Å². The van der Waals surface area contributed by atoms with Crippen LogP contribution in [0.3, 0.4) is 0 Å². The summed E-state index contributed by atoms with van der Waals surface area (Å²) in [6.45, 7) is 2.05. The number of benzene rings is 1. The van der Waals surface area contributed by atoms with Crippen molar-refractivity contribution in [1.29, 1.82) is 0 Å². The Morgan fingerprint density at radius 2 is 1.73 bits per heavy atom. The molecular formula is C21H22O5. The second kappa shape index (κ2) is 7.12. The van der Waals surface area contributed by atoms with Crippen LogP contribution >= 0.6 is 0 Å². The molecule has 0 spiro atoms. The van der Waals surface area contributed by atoms with Crippen molar-refractivity contribution in [3.63, 3.8) is 0 Å². The molecule has 3 rings (SSSR count). The van der Waals surface area contributed by atoms with Gasteiger partial charge in [0.2, 0.25) is 11.2 Å². The summed E-state index contributed by atoms with van der Waals surface area (Å²) in [5.74, 6) is 1.43. The van der Waals surface area contributed by atoms with Gasteiger partial charge in [-0.15, -0.1) is 0 Å². The van der Waals surface area contributed by atoms with Crippen LogP contribution < -0.4 is 19.6 Å². The number of methoxy groups -OCH3 is 3. The predicted octanol–water partition coefficient (Wildman–Crippen LogP) is 3.58. The first-order chi connectivity index (χ1) is 12.6. The smallest absolute Gasteiger partial charge is 0.220 e. The molecule has 0 heterocycles. The van der Waals surface area contributed by atoms with Crippen LogP contribution in [0.5, 0.6) is 23.0 Å². The standard InChI is InChI=1S/C21H22O5/c1-5-13-15-8-6-7-12-11-17(23)16(22)10-9-14(12)18(15)20(25-3)21(26-4)19(13)24-2/h6,8-11H,5,7H2,1-4H3,(H,22,23). The van der Waals surface area contributed by atoms with Crippen molar-refractivity contribution in [3.05, 3.63) is 51.2 Å². The summed E-state index contributed by atoms with van der Waals surface area (Å²) < 4.78 is 16.9. The maximum atomic E-state index is 12.1. The third-order valence-electron chi connectivity index (χ3n) is 4.68. The Balaban J connectivity index is 2.53. The Morgan fingerprint density at radius 1 is 1.04 bits per heavy atom. The summed E-state index contributed by atoms with van der Waals surface area (Å²) in [5, 5.41) is 9.86. The number of rotatable bonds is 4. The summed E-state index contributed by atoms with van der Waals surface area (Å²) in [6, 6.07) is 4.66. The van der Waals surface area contributed by atoms with Crippen LogP contribution in [-0.4, -0.2) is 26.4 Å². The van der Waals surface area contributed by atoms with Crippen molar-refractivity contribution < 1.29 is 19.3 Å². The molecule has 2 aromatic carbocycles. The zero-order valence-corrected chi connectivity index (χ0v) is 15.4. The van der Waals surface area contributed by atoms with Gasteiger partial charge in [0.15, 0.2) is 17.2 Å². The lowest BCUT2D eigenvalue weighted by atomic mass is 9.91. The lowest BCUT2D eigenvalue weighted by Gasteiger charge is -2.22. The predicted molar refractivity (Wildman–Crippen MR) is 102 cm³/mol. The molecule has 2 aromatic rings. The van der Waals surface area contributed by atoms with E-state index in [1.165, 1.54) is 12.1 Å². The lowest BCUT2D eigenvalue weighted by Crippen LogP contribution is -2.04. The number of allylic oxidation sites excluding steroid dienone is 1. The molecule has 0 amide bonds. The molecule has 5 heteroatoms. The summed E-state index contributed by atoms with van der Waals surface area (Å²) in [5.41, 5.74) is 4.05.